The Kier molecular flexibility index (Phi) is 3.47. The van der Waals surface area contributed by atoms with E-state index >= 15 is 0 Å². The summed E-state index contributed by atoms with van der Waals surface area (Å²) in [6.07, 6.45) is 5.31. The SMILES string of the molecule is Fc1ccc(CNc2nn3c(-c4cccnc4)cnc3s2)cc1. The molecule has 7 heteroatoms. The molecule has 0 aliphatic rings. The minimum atomic E-state index is -0.234. The average Bonchev–Trinajstić information content (AvgIpc) is 3.15. The summed E-state index contributed by atoms with van der Waals surface area (Å²) in [6.45, 7) is 0.583. The molecule has 5 nitrogen and oxygen atoms in total. The van der Waals surface area contributed by atoms with Gasteiger partial charge in [0.15, 0.2) is 0 Å². The molecule has 0 fully saturated rings. The summed E-state index contributed by atoms with van der Waals surface area (Å²) >= 11 is 1.47. The predicted octanol–water partition coefficient (Wildman–Crippen LogP) is 3.60. The van der Waals surface area contributed by atoms with Gasteiger partial charge in [0.1, 0.15) is 5.82 Å². The number of halogens is 1. The molecule has 4 aromatic rings. The molecular formula is C16H12FN5S. The number of pyridine rings is 1. The molecule has 3 heterocycles. The van der Waals surface area contributed by atoms with Crippen LogP contribution < -0.4 is 5.32 Å². The van der Waals surface area contributed by atoms with Crippen LogP contribution in [0.15, 0.2) is 55.0 Å². The third-order valence-corrected chi connectivity index (χ3v) is 4.28. The van der Waals surface area contributed by atoms with Crippen molar-refractivity contribution < 1.29 is 4.39 Å². The van der Waals surface area contributed by atoms with Gasteiger partial charge in [0.25, 0.3) is 0 Å². The van der Waals surface area contributed by atoms with E-state index in [1.165, 1.54) is 23.5 Å². The molecule has 0 unspecified atom stereocenters. The van der Waals surface area contributed by atoms with Gasteiger partial charge in [-0.05, 0) is 29.8 Å². The third-order valence-electron chi connectivity index (χ3n) is 3.40. The van der Waals surface area contributed by atoms with Crippen molar-refractivity contribution in [2.24, 2.45) is 0 Å². The Hall–Kier alpha value is -2.80. The first kappa shape index (κ1) is 13.8. The second-order valence-corrected chi connectivity index (χ2v) is 5.92. The van der Waals surface area contributed by atoms with Crippen LogP contribution in [-0.4, -0.2) is 19.6 Å². The van der Waals surface area contributed by atoms with E-state index in [1.807, 2.05) is 12.1 Å². The van der Waals surface area contributed by atoms with Gasteiger partial charge in [-0.3, -0.25) is 4.98 Å². The number of nitrogens with one attached hydrogen (secondary N) is 1. The largest absolute Gasteiger partial charge is 0.356 e. The van der Waals surface area contributed by atoms with Gasteiger partial charge >= 0.3 is 0 Å². The van der Waals surface area contributed by atoms with Gasteiger partial charge in [-0.15, -0.1) is 5.10 Å². The zero-order valence-corrected chi connectivity index (χ0v) is 12.8. The van der Waals surface area contributed by atoms with Crippen LogP contribution in [0.25, 0.3) is 16.2 Å². The molecule has 0 aliphatic carbocycles. The lowest BCUT2D eigenvalue weighted by atomic mass is 10.2. The van der Waals surface area contributed by atoms with E-state index in [-0.39, 0.29) is 5.82 Å². The van der Waals surface area contributed by atoms with Gasteiger partial charge in [0, 0.05) is 24.5 Å². The van der Waals surface area contributed by atoms with Crippen LogP contribution in [0.5, 0.6) is 0 Å². The molecule has 23 heavy (non-hydrogen) atoms. The summed E-state index contributed by atoms with van der Waals surface area (Å²) in [5.41, 5.74) is 2.86. The number of nitrogens with zero attached hydrogens (tertiary/aromatic N) is 4. The van der Waals surface area contributed by atoms with Crippen molar-refractivity contribution in [2.75, 3.05) is 5.32 Å². The Morgan fingerprint density at radius 1 is 1.13 bits per heavy atom. The molecule has 1 N–H and O–H groups in total. The fourth-order valence-corrected chi connectivity index (χ4v) is 3.03. The molecule has 0 amide bonds. The summed E-state index contributed by atoms with van der Waals surface area (Å²) < 4.78 is 14.7. The van der Waals surface area contributed by atoms with Crippen molar-refractivity contribution in [1.29, 1.82) is 0 Å². The van der Waals surface area contributed by atoms with E-state index in [9.17, 15) is 4.39 Å². The first-order valence-electron chi connectivity index (χ1n) is 7.03. The molecule has 0 saturated carbocycles. The lowest BCUT2D eigenvalue weighted by molar-refractivity contribution is 0.627. The summed E-state index contributed by atoms with van der Waals surface area (Å²) in [7, 11) is 0. The lowest BCUT2D eigenvalue weighted by Crippen LogP contribution is -2.00. The first-order chi connectivity index (χ1) is 11.3. The maximum atomic E-state index is 12.9. The quantitative estimate of drug-likeness (QED) is 0.623. The number of hydrogen-bond acceptors (Lipinski definition) is 5. The number of fused-ring (bicyclic) bond motifs is 1. The molecule has 0 saturated heterocycles. The molecule has 0 spiro atoms. The molecule has 0 bridgehead atoms. The van der Waals surface area contributed by atoms with Gasteiger partial charge in [-0.1, -0.05) is 23.5 Å². The summed E-state index contributed by atoms with van der Waals surface area (Å²) in [6, 6.07) is 10.3. The van der Waals surface area contributed by atoms with Crippen molar-refractivity contribution in [3.8, 4) is 11.3 Å². The number of aromatic nitrogens is 4. The smallest absolute Gasteiger partial charge is 0.214 e. The molecule has 114 valence electrons. The van der Waals surface area contributed by atoms with Crippen LogP contribution in [0.3, 0.4) is 0 Å². The molecule has 3 aromatic heterocycles. The van der Waals surface area contributed by atoms with Gasteiger partial charge in [0.05, 0.1) is 11.9 Å². The van der Waals surface area contributed by atoms with Gasteiger partial charge in [-0.25, -0.2) is 13.9 Å². The van der Waals surface area contributed by atoms with Crippen LogP contribution in [0.4, 0.5) is 9.52 Å². The highest BCUT2D eigenvalue weighted by atomic mass is 32.1. The van der Waals surface area contributed by atoms with Crippen LogP contribution in [0.1, 0.15) is 5.56 Å². The van der Waals surface area contributed by atoms with E-state index in [0.717, 1.165) is 26.9 Å². The monoisotopic (exact) mass is 325 g/mol. The first-order valence-corrected chi connectivity index (χ1v) is 7.84. The maximum Gasteiger partial charge on any atom is 0.214 e. The second-order valence-electron chi connectivity index (χ2n) is 4.97. The van der Waals surface area contributed by atoms with Crippen LogP contribution >= 0.6 is 11.3 Å². The zero-order chi connectivity index (χ0) is 15.6. The highest BCUT2D eigenvalue weighted by Gasteiger charge is 2.11. The number of rotatable bonds is 4. The van der Waals surface area contributed by atoms with Crippen LogP contribution in [0.2, 0.25) is 0 Å². The number of anilines is 1. The minimum Gasteiger partial charge on any atom is -0.356 e. The average molecular weight is 325 g/mol. The number of imidazole rings is 1. The molecule has 0 aliphatic heterocycles. The van der Waals surface area contributed by atoms with E-state index in [0.29, 0.717) is 6.54 Å². The number of benzene rings is 1. The van der Waals surface area contributed by atoms with Crippen molar-refractivity contribution in [3.05, 3.63) is 66.4 Å². The normalized spacial score (nSPS) is 11.0. The fraction of sp³-hybridized carbons (Fsp3) is 0.0625. The third kappa shape index (κ3) is 2.78. The minimum absolute atomic E-state index is 0.234. The lowest BCUT2D eigenvalue weighted by Gasteiger charge is -2.02. The number of hydrogen-bond donors (Lipinski definition) is 1. The second kappa shape index (κ2) is 5.77. The molecule has 4 rings (SSSR count). The molecule has 0 radical (unpaired) electrons. The summed E-state index contributed by atoms with van der Waals surface area (Å²) in [5, 5.41) is 8.55. The van der Waals surface area contributed by atoms with E-state index in [2.05, 4.69) is 20.4 Å². The Balaban J connectivity index is 1.57. The highest BCUT2D eigenvalue weighted by molar-refractivity contribution is 7.20. The standard InChI is InChI=1S/C16H12FN5S/c17-13-5-3-11(4-6-13)8-19-15-21-22-14(10-20-16(22)23-15)12-2-1-7-18-9-12/h1-7,9-10H,8H2,(H,19,21). The van der Waals surface area contributed by atoms with E-state index < -0.39 is 0 Å². The van der Waals surface area contributed by atoms with Gasteiger partial charge < -0.3 is 5.32 Å². The Bertz CT molecular complexity index is 930. The zero-order valence-electron chi connectivity index (χ0n) is 12.0. The molecular weight excluding hydrogens is 313 g/mol. The van der Waals surface area contributed by atoms with Crippen LogP contribution in [0, 0.1) is 5.82 Å². The van der Waals surface area contributed by atoms with Crippen molar-refractivity contribution in [3.63, 3.8) is 0 Å². The molecule has 1 aromatic carbocycles. The Morgan fingerprint density at radius 3 is 2.78 bits per heavy atom. The van der Waals surface area contributed by atoms with Crippen molar-refractivity contribution in [2.45, 2.75) is 6.54 Å². The fourth-order valence-electron chi connectivity index (χ4n) is 2.26. The summed E-state index contributed by atoms with van der Waals surface area (Å²) in [4.78, 5) is 9.32. The Labute approximate surface area is 135 Å². The summed E-state index contributed by atoms with van der Waals surface area (Å²) in [5.74, 6) is -0.234. The maximum absolute atomic E-state index is 12.9. The highest BCUT2D eigenvalue weighted by Crippen LogP contribution is 2.25. The topological polar surface area (TPSA) is 55.1 Å². The predicted molar refractivity (Wildman–Crippen MR) is 87.8 cm³/mol. The van der Waals surface area contributed by atoms with Crippen molar-refractivity contribution in [1.82, 2.24) is 19.6 Å². The van der Waals surface area contributed by atoms with E-state index in [4.69, 9.17) is 0 Å². The Morgan fingerprint density at radius 2 is 2.00 bits per heavy atom. The molecule has 0 atom stereocenters. The van der Waals surface area contributed by atoms with Gasteiger partial charge in [0.2, 0.25) is 10.1 Å². The van der Waals surface area contributed by atoms with Crippen LogP contribution in [-0.2, 0) is 6.54 Å². The van der Waals surface area contributed by atoms with Crippen molar-refractivity contribution >= 4 is 21.4 Å². The van der Waals surface area contributed by atoms with Gasteiger partial charge in [-0.2, -0.15) is 0 Å². The van der Waals surface area contributed by atoms with E-state index in [1.54, 1.807) is 35.2 Å².